The number of hydrogen-bond acceptors (Lipinski definition) is 6. The van der Waals surface area contributed by atoms with E-state index in [-0.39, 0.29) is 37.2 Å². The lowest BCUT2D eigenvalue weighted by Crippen LogP contribution is -2.52. The predicted molar refractivity (Wildman–Crippen MR) is 165 cm³/mol. The monoisotopic (exact) mass is 613 g/mol. The summed E-state index contributed by atoms with van der Waals surface area (Å²) in [5.74, 6) is -0.916. The quantitative estimate of drug-likeness (QED) is 0.268. The highest BCUT2D eigenvalue weighted by Gasteiger charge is 2.31. The highest BCUT2D eigenvalue weighted by molar-refractivity contribution is 6.30. The standard InChI is InChI=1S/C33H44ClN3O6/c1-23(26-14-8-5-9-15-26)21-37(2)30(38)18-17-28(32(40)42-3)35-31(39)29(20-24-11-6-4-7-12-24)36-33(41)43-22-25-13-10-16-27(34)19-25/h5,8-10,13-16,19,23-24,28-29H,4,6-7,11-12,17-18,20-22H2,1-3H3,(H,35,39)(H,36,41). The number of nitrogens with one attached hydrogen (secondary N) is 2. The number of rotatable bonds is 14. The van der Waals surface area contributed by atoms with Gasteiger partial charge in [-0.15, -0.1) is 0 Å². The lowest BCUT2D eigenvalue weighted by Gasteiger charge is -2.28. The predicted octanol–water partition coefficient (Wildman–Crippen LogP) is 5.61. The molecule has 234 valence electrons. The number of esters is 1. The van der Waals surface area contributed by atoms with E-state index < -0.39 is 30.1 Å². The Balaban J connectivity index is 1.60. The molecule has 3 atom stereocenters. The Kier molecular flexibility index (Phi) is 13.8. The van der Waals surface area contributed by atoms with Crippen molar-refractivity contribution in [3.63, 3.8) is 0 Å². The molecule has 0 aliphatic heterocycles. The van der Waals surface area contributed by atoms with E-state index in [2.05, 4.69) is 17.6 Å². The van der Waals surface area contributed by atoms with Crippen molar-refractivity contribution in [1.29, 1.82) is 0 Å². The molecule has 10 heteroatoms. The van der Waals surface area contributed by atoms with Gasteiger partial charge in [-0.1, -0.05) is 93.1 Å². The Labute approximate surface area is 259 Å². The van der Waals surface area contributed by atoms with Crippen molar-refractivity contribution in [2.45, 2.75) is 82.9 Å². The van der Waals surface area contributed by atoms with E-state index >= 15 is 0 Å². The van der Waals surface area contributed by atoms with E-state index in [4.69, 9.17) is 21.1 Å². The van der Waals surface area contributed by atoms with Crippen LogP contribution < -0.4 is 10.6 Å². The molecule has 3 rings (SSSR count). The largest absolute Gasteiger partial charge is 0.467 e. The van der Waals surface area contributed by atoms with Crippen LogP contribution in [-0.2, 0) is 30.5 Å². The number of likely N-dealkylation sites (N-methyl/N-ethyl adjacent to an activating group) is 1. The molecule has 0 aromatic heterocycles. The molecule has 1 fully saturated rings. The first-order valence-corrected chi connectivity index (χ1v) is 15.4. The van der Waals surface area contributed by atoms with E-state index in [1.807, 2.05) is 30.3 Å². The fourth-order valence-corrected chi connectivity index (χ4v) is 5.68. The number of hydrogen-bond donors (Lipinski definition) is 2. The second kappa shape index (κ2) is 17.5. The van der Waals surface area contributed by atoms with Crippen molar-refractivity contribution >= 4 is 35.5 Å². The molecular weight excluding hydrogens is 570 g/mol. The molecule has 1 aliphatic rings. The van der Waals surface area contributed by atoms with Crippen LogP contribution in [0.25, 0.3) is 0 Å². The van der Waals surface area contributed by atoms with Crippen molar-refractivity contribution in [2.24, 2.45) is 5.92 Å². The van der Waals surface area contributed by atoms with Gasteiger partial charge in [-0.05, 0) is 47.9 Å². The molecule has 1 aliphatic carbocycles. The third-order valence-corrected chi connectivity index (χ3v) is 8.19. The third kappa shape index (κ3) is 11.5. The van der Waals surface area contributed by atoms with Crippen LogP contribution in [0.2, 0.25) is 5.02 Å². The van der Waals surface area contributed by atoms with E-state index in [9.17, 15) is 19.2 Å². The minimum atomic E-state index is -1.04. The van der Waals surface area contributed by atoms with Crippen molar-refractivity contribution in [1.82, 2.24) is 15.5 Å². The van der Waals surface area contributed by atoms with Crippen LogP contribution in [-0.4, -0.2) is 61.6 Å². The van der Waals surface area contributed by atoms with E-state index in [1.165, 1.54) is 7.11 Å². The Hall–Kier alpha value is -3.59. The number of carbonyl (C=O) groups excluding carboxylic acids is 4. The van der Waals surface area contributed by atoms with Crippen LogP contribution in [0.5, 0.6) is 0 Å². The van der Waals surface area contributed by atoms with Crippen molar-refractivity contribution in [2.75, 3.05) is 20.7 Å². The molecule has 2 aromatic carbocycles. The zero-order valence-electron chi connectivity index (χ0n) is 25.4. The number of benzene rings is 2. The summed E-state index contributed by atoms with van der Waals surface area (Å²) in [5, 5.41) is 5.96. The van der Waals surface area contributed by atoms with Gasteiger partial charge in [-0.3, -0.25) is 9.59 Å². The van der Waals surface area contributed by atoms with Gasteiger partial charge in [0.05, 0.1) is 7.11 Å². The molecule has 3 unspecified atom stereocenters. The maximum atomic E-state index is 13.5. The summed E-state index contributed by atoms with van der Waals surface area (Å²) in [5.41, 5.74) is 1.85. The van der Waals surface area contributed by atoms with Crippen LogP contribution in [0.4, 0.5) is 4.79 Å². The van der Waals surface area contributed by atoms with Crippen molar-refractivity contribution < 1.29 is 28.7 Å². The summed E-state index contributed by atoms with van der Waals surface area (Å²) in [4.78, 5) is 53.4. The molecule has 2 aromatic rings. The first-order chi connectivity index (χ1) is 20.7. The van der Waals surface area contributed by atoms with E-state index in [0.29, 0.717) is 18.0 Å². The minimum absolute atomic E-state index is 0.00648. The number of methoxy groups -OCH3 is 1. The Morgan fingerprint density at radius 3 is 2.37 bits per heavy atom. The Morgan fingerprint density at radius 1 is 0.977 bits per heavy atom. The Bertz CT molecular complexity index is 1200. The average Bonchev–Trinajstić information content (AvgIpc) is 3.02. The molecule has 3 amide bonds. The van der Waals surface area contributed by atoms with Crippen LogP contribution in [0.3, 0.4) is 0 Å². The summed E-state index contributed by atoms with van der Waals surface area (Å²) in [6.07, 6.45) is 5.01. The topological polar surface area (TPSA) is 114 Å². The van der Waals surface area contributed by atoms with Gasteiger partial charge in [0.25, 0.3) is 0 Å². The smallest absolute Gasteiger partial charge is 0.408 e. The number of halogens is 1. The first-order valence-electron chi connectivity index (χ1n) is 15.0. The van der Waals surface area contributed by atoms with Gasteiger partial charge in [0.2, 0.25) is 11.8 Å². The van der Waals surface area contributed by atoms with Gasteiger partial charge in [0.15, 0.2) is 0 Å². The molecule has 43 heavy (non-hydrogen) atoms. The van der Waals surface area contributed by atoms with Gasteiger partial charge in [-0.25, -0.2) is 9.59 Å². The fourth-order valence-electron chi connectivity index (χ4n) is 5.47. The second-order valence-corrected chi connectivity index (χ2v) is 11.8. The van der Waals surface area contributed by atoms with Gasteiger partial charge in [0, 0.05) is 25.0 Å². The Morgan fingerprint density at radius 2 is 1.70 bits per heavy atom. The number of carbonyl (C=O) groups is 4. The highest BCUT2D eigenvalue weighted by atomic mass is 35.5. The molecule has 0 saturated heterocycles. The van der Waals surface area contributed by atoms with Gasteiger partial charge in [-0.2, -0.15) is 0 Å². The maximum absolute atomic E-state index is 13.5. The van der Waals surface area contributed by atoms with Crippen molar-refractivity contribution in [3.8, 4) is 0 Å². The first kappa shape index (κ1) is 33.9. The normalized spacial score (nSPS) is 15.4. The van der Waals surface area contributed by atoms with Crippen LogP contribution >= 0.6 is 11.6 Å². The number of alkyl carbamates (subject to hydrolysis) is 1. The van der Waals surface area contributed by atoms with E-state index in [0.717, 1.165) is 43.2 Å². The number of ether oxygens (including phenoxy) is 2. The van der Waals surface area contributed by atoms with Crippen LogP contribution in [0.1, 0.15) is 75.3 Å². The van der Waals surface area contributed by atoms with Crippen LogP contribution in [0, 0.1) is 5.92 Å². The summed E-state index contributed by atoms with van der Waals surface area (Å²) < 4.78 is 10.3. The number of amides is 3. The molecule has 0 spiro atoms. The molecule has 0 heterocycles. The zero-order chi connectivity index (χ0) is 31.2. The minimum Gasteiger partial charge on any atom is -0.467 e. The summed E-state index contributed by atoms with van der Waals surface area (Å²) in [6, 6.07) is 14.9. The maximum Gasteiger partial charge on any atom is 0.408 e. The zero-order valence-corrected chi connectivity index (χ0v) is 26.1. The molecule has 0 bridgehead atoms. The summed E-state index contributed by atoms with van der Waals surface area (Å²) in [7, 11) is 2.97. The molecule has 2 N–H and O–H groups in total. The number of nitrogens with zero attached hydrogens (tertiary/aromatic N) is 1. The fraction of sp³-hybridized carbons (Fsp3) is 0.515. The molecular formula is C33H44ClN3O6. The summed E-state index contributed by atoms with van der Waals surface area (Å²) in [6.45, 7) is 2.56. The van der Waals surface area contributed by atoms with Gasteiger partial charge >= 0.3 is 12.1 Å². The SMILES string of the molecule is COC(=O)C(CCC(=O)N(C)CC(C)c1ccccc1)NC(=O)C(CC1CCCCC1)NC(=O)OCc1cccc(Cl)c1. The lowest BCUT2D eigenvalue weighted by atomic mass is 9.84. The van der Waals surface area contributed by atoms with Crippen molar-refractivity contribution in [3.05, 3.63) is 70.7 Å². The van der Waals surface area contributed by atoms with Gasteiger partial charge < -0.3 is 25.0 Å². The highest BCUT2D eigenvalue weighted by Crippen LogP contribution is 2.27. The van der Waals surface area contributed by atoms with Crippen LogP contribution in [0.15, 0.2) is 54.6 Å². The van der Waals surface area contributed by atoms with E-state index in [1.54, 1.807) is 36.2 Å². The third-order valence-electron chi connectivity index (χ3n) is 7.95. The molecule has 1 saturated carbocycles. The van der Waals surface area contributed by atoms with Gasteiger partial charge in [0.1, 0.15) is 18.7 Å². The second-order valence-electron chi connectivity index (χ2n) is 11.4. The average molecular weight is 614 g/mol. The molecule has 0 radical (unpaired) electrons. The summed E-state index contributed by atoms with van der Waals surface area (Å²) >= 11 is 6.02. The lowest BCUT2D eigenvalue weighted by molar-refractivity contribution is -0.145. The molecule has 9 nitrogen and oxygen atoms in total.